The third-order valence-corrected chi connectivity index (χ3v) is 10.6. The van der Waals surface area contributed by atoms with Crippen molar-refractivity contribution in [1.82, 2.24) is 42.5 Å². The first-order valence-corrected chi connectivity index (χ1v) is 22.4. The molecule has 0 heterocycles. The highest BCUT2D eigenvalue weighted by atomic mass is 16.4. The van der Waals surface area contributed by atoms with Crippen molar-refractivity contribution in [3.05, 3.63) is 35.9 Å². The molecule has 1 aromatic rings. The second-order valence-electron chi connectivity index (χ2n) is 17.6. The molecule has 24 nitrogen and oxygen atoms in total. The number of carboxylic acid groups (broad SMARTS) is 1. The van der Waals surface area contributed by atoms with Gasteiger partial charge in [0.1, 0.15) is 48.3 Å². The fourth-order valence-corrected chi connectivity index (χ4v) is 6.53. The maximum absolute atomic E-state index is 13.9. The van der Waals surface area contributed by atoms with E-state index in [2.05, 4.69) is 42.5 Å². The van der Waals surface area contributed by atoms with Crippen LogP contribution in [0.2, 0.25) is 0 Å². The Morgan fingerprint density at radius 1 is 0.544 bits per heavy atom. The maximum atomic E-state index is 13.9. The molecule has 0 aliphatic carbocycles. The topological polar surface area (TPSA) is 400 Å². The second kappa shape index (κ2) is 29.5. The van der Waals surface area contributed by atoms with Crippen LogP contribution in [-0.4, -0.2) is 153 Å². The minimum absolute atomic E-state index is 0.0148. The summed E-state index contributed by atoms with van der Waals surface area (Å²) < 4.78 is 0. The lowest BCUT2D eigenvalue weighted by atomic mass is 9.96. The quantitative estimate of drug-likeness (QED) is 0.0349. The molecule has 16 N–H and O–H groups in total. The minimum atomic E-state index is -1.82. The zero-order chi connectivity index (χ0) is 52.0. The van der Waals surface area contributed by atoms with Crippen LogP contribution in [0.5, 0.6) is 0 Å². The van der Waals surface area contributed by atoms with Crippen LogP contribution in [0.3, 0.4) is 0 Å². The number of rotatable bonds is 30. The molecule has 24 heteroatoms. The predicted octanol–water partition coefficient (Wildman–Crippen LogP) is -4.08. The SMILES string of the molecule is CC[C@H](C)[C@H](NC(=O)[C@H](Cc1ccccc1)NC(=O)[C@H](C)NC(=O)[C@H](CC(C)C)NC(=O)[C@@H](NC(=O)[C@H](CO)NC(=O)[C@H](CC(=O)O)NC(=O)[C@@H](N)CC(C)C)[C@@H](C)O)C(=O)N[C@@H](CO)C(N)=O. The predicted molar refractivity (Wildman–Crippen MR) is 245 cm³/mol. The van der Waals surface area contributed by atoms with Gasteiger partial charge in [-0.15, -0.1) is 0 Å². The van der Waals surface area contributed by atoms with Crippen LogP contribution >= 0.6 is 0 Å². The van der Waals surface area contributed by atoms with Crippen molar-refractivity contribution in [2.75, 3.05) is 13.2 Å². The Morgan fingerprint density at radius 2 is 1.00 bits per heavy atom. The van der Waals surface area contributed by atoms with Gasteiger partial charge in [-0.1, -0.05) is 78.3 Å². The third-order valence-electron chi connectivity index (χ3n) is 10.6. The molecule has 9 amide bonds. The van der Waals surface area contributed by atoms with Crippen LogP contribution in [-0.2, 0) is 54.4 Å². The van der Waals surface area contributed by atoms with Crippen LogP contribution in [0.4, 0.5) is 0 Å². The number of aliphatic carboxylic acids is 1. The highest BCUT2D eigenvalue weighted by Crippen LogP contribution is 2.12. The molecule has 0 aromatic heterocycles. The Kier molecular flexibility index (Phi) is 25.9. The molecular weight excluding hydrogens is 893 g/mol. The molecule has 382 valence electrons. The zero-order valence-electron chi connectivity index (χ0n) is 39.9. The fourth-order valence-electron chi connectivity index (χ4n) is 6.53. The number of hydrogen-bond acceptors (Lipinski definition) is 14. The van der Waals surface area contributed by atoms with Crippen molar-refractivity contribution in [1.29, 1.82) is 0 Å². The van der Waals surface area contributed by atoms with Crippen LogP contribution in [0.15, 0.2) is 30.3 Å². The van der Waals surface area contributed by atoms with E-state index in [0.717, 1.165) is 6.92 Å². The van der Waals surface area contributed by atoms with Crippen LogP contribution in [0, 0.1) is 17.8 Å². The Hall–Kier alpha value is -6.24. The molecule has 68 heavy (non-hydrogen) atoms. The van der Waals surface area contributed by atoms with Crippen LogP contribution < -0.4 is 54.0 Å². The Balaban J connectivity index is 3.27. The maximum Gasteiger partial charge on any atom is 0.305 e. The van der Waals surface area contributed by atoms with Gasteiger partial charge in [0.2, 0.25) is 53.2 Å². The summed E-state index contributed by atoms with van der Waals surface area (Å²) >= 11 is 0. The first-order chi connectivity index (χ1) is 31.8. The van der Waals surface area contributed by atoms with Crippen molar-refractivity contribution in [3.8, 4) is 0 Å². The average Bonchev–Trinajstić information content (AvgIpc) is 3.26. The Morgan fingerprint density at radius 3 is 1.50 bits per heavy atom. The van der Waals surface area contributed by atoms with Crippen LogP contribution in [0.25, 0.3) is 0 Å². The number of amides is 9. The molecule has 0 saturated heterocycles. The van der Waals surface area contributed by atoms with Crippen molar-refractivity contribution < 1.29 is 68.4 Å². The smallest absolute Gasteiger partial charge is 0.305 e. The number of nitrogens with two attached hydrogens (primary N) is 2. The van der Waals surface area contributed by atoms with Crippen molar-refractivity contribution >= 4 is 59.1 Å². The van der Waals surface area contributed by atoms with E-state index in [-0.39, 0.29) is 31.1 Å². The van der Waals surface area contributed by atoms with Crippen molar-refractivity contribution in [3.63, 3.8) is 0 Å². The van der Waals surface area contributed by atoms with Gasteiger partial charge < -0.3 is 74.4 Å². The summed E-state index contributed by atoms with van der Waals surface area (Å²) in [5, 5.41) is 58.5. The standard InChI is InChI=1S/C44H72N10O14/c1-9-23(6)34(43(67)51-31(19-55)36(46)60)53-41(65)29(17-26-13-11-10-12-14-26)48-37(61)24(7)47-39(63)28(16-22(4)5)50-44(68)35(25(8)57)54-42(66)32(20-56)52-40(64)30(18-33(58)59)49-38(62)27(45)15-21(2)3/h10-14,21-25,27-32,34-35,55-57H,9,15-20,45H2,1-8H3,(H2,46,60)(H,47,63)(H,48,61)(H,49,62)(H,50,68)(H,51,67)(H,52,64)(H,53,65)(H,54,66)(H,58,59)/t23-,24-,25+,27-,28-,29-,30-,31-,32-,34-,35-/m0/s1. The minimum Gasteiger partial charge on any atom is -0.481 e. The summed E-state index contributed by atoms with van der Waals surface area (Å²) in [6, 6.07) is -4.60. The molecule has 1 rings (SSSR count). The first-order valence-electron chi connectivity index (χ1n) is 22.4. The average molecular weight is 965 g/mol. The zero-order valence-corrected chi connectivity index (χ0v) is 39.9. The molecule has 0 aliphatic rings. The Labute approximate surface area is 395 Å². The molecule has 0 bridgehead atoms. The van der Waals surface area contributed by atoms with Gasteiger partial charge in [0.25, 0.3) is 0 Å². The number of aliphatic hydroxyl groups excluding tert-OH is 3. The lowest BCUT2D eigenvalue weighted by molar-refractivity contribution is -0.141. The highest BCUT2D eigenvalue weighted by Gasteiger charge is 2.36. The third kappa shape index (κ3) is 20.7. The highest BCUT2D eigenvalue weighted by molar-refractivity contribution is 5.98. The Bertz CT molecular complexity index is 1890. The molecule has 0 unspecified atom stereocenters. The summed E-state index contributed by atoms with van der Waals surface area (Å²) in [5.74, 6) is -10.9. The van der Waals surface area contributed by atoms with E-state index in [4.69, 9.17) is 11.5 Å². The number of primary amides is 1. The number of aliphatic hydroxyl groups is 3. The number of hydrogen-bond donors (Lipinski definition) is 14. The molecule has 0 fully saturated rings. The van der Waals surface area contributed by atoms with Gasteiger partial charge in [-0.05, 0) is 50.0 Å². The molecule has 0 radical (unpaired) electrons. The lowest BCUT2D eigenvalue weighted by Crippen LogP contribution is -2.62. The number of carbonyl (C=O) groups is 10. The number of carbonyl (C=O) groups excluding carboxylic acids is 9. The lowest BCUT2D eigenvalue weighted by Gasteiger charge is -2.29. The largest absolute Gasteiger partial charge is 0.481 e. The van der Waals surface area contributed by atoms with Gasteiger partial charge in [-0.25, -0.2) is 0 Å². The monoisotopic (exact) mass is 965 g/mol. The van der Waals surface area contributed by atoms with Gasteiger partial charge in [-0.3, -0.25) is 47.9 Å². The summed E-state index contributed by atoms with van der Waals surface area (Å²) in [5.41, 5.74) is 11.7. The summed E-state index contributed by atoms with van der Waals surface area (Å²) in [4.78, 5) is 130. The molecule has 1 aromatic carbocycles. The van der Waals surface area contributed by atoms with Gasteiger partial charge in [0.15, 0.2) is 0 Å². The molecular formula is C44H72N10O14. The molecule has 0 saturated carbocycles. The van der Waals surface area contributed by atoms with E-state index in [1.54, 1.807) is 71.9 Å². The summed E-state index contributed by atoms with van der Waals surface area (Å²) in [7, 11) is 0. The number of benzene rings is 1. The van der Waals surface area contributed by atoms with Gasteiger partial charge in [0.05, 0.1) is 31.8 Å². The van der Waals surface area contributed by atoms with E-state index >= 15 is 0 Å². The molecule has 11 atom stereocenters. The van der Waals surface area contributed by atoms with Gasteiger partial charge >= 0.3 is 5.97 Å². The number of carboxylic acids is 1. The normalized spacial score (nSPS) is 16.1. The summed E-state index contributed by atoms with van der Waals surface area (Å²) in [6.45, 7) is 11.0. The van der Waals surface area contributed by atoms with E-state index in [1.165, 1.54) is 6.92 Å². The molecule has 0 aliphatic heterocycles. The second-order valence-corrected chi connectivity index (χ2v) is 17.6. The molecule has 0 spiro atoms. The van der Waals surface area contributed by atoms with Crippen LogP contribution in [0.1, 0.15) is 86.6 Å². The summed E-state index contributed by atoms with van der Waals surface area (Å²) in [6.07, 6.45) is -2.04. The van der Waals surface area contributed by atoms with E-state index < -0.39 is 145 Å². The van der Waals surface area contributed by atoms with Gasteiger partial charge in [0, 0.05) is 6.42 Å². The fraction of sp³-hybridized carbons (Fsp3) is 0.636. The van der Waals surface area contributed by atoms with E-state index in [1.807, 2.05) is 0 Å². The van der Waals surface area contributed by atoms with E-state index in [9.17, 15) is 68.4 Å². The van der Waals surface area contributed by atoms with Crippen molar-refractivity contribution in [2.24, 2.45) is 29.2 Å². The first kappa shape index (κ1) is 59.8. The number of nitrogens with one attached hydrogen (secondary N) is 8. The van der Waals surface area contributed by atoms with Crippen molar-refractivity contribution in [2.45, 2.75) is 148 Å². The van der Waals surface area contributed by atoms with Gasteiger partial charge in [-0.2, -0.15) is 0 Å². The van der Waals surface area contributed by atoms with E-state index in [0.29, 0.717) is 12.0 Å².